The number of nitrogens with two attached hydrogens (primary N) is 2. The molecule has 2 aliphatic rings. The Morgan fingerprint density at radius 2 is 1.65 bits per heavy atom. The number of carbonyl (C=O) groups is 1. The average Bonchev–Trinajstić information content (AvgIpc) is 3.57. The fraction of sp³-hybridized carbons (Fsp3) is 0.500. The van der Waals surface area contributed by atoms with E-state index in [0.29, 0.717) is 47.0 Å². The maximum Gasteiger partial charge on any atom is 0.207 e. The van der Waals surface area contributed by atoms with Crippen LogP contribution in [0.2, 0.25) is 0 Å². The highest BCUT2D eigenvalue weighted by atomic mass is 19.1. The van der Waals surface area contributed by atoms with Gasteiger partial charge in [-0.3, -0.25) is 4.79 Å². The van der Waals surface area contributed by atoms with Gasteiger partial charge in [0, 0.05) is 43.2 Å². The van der Waals surface area contributed by atoms with Gasteiger partial charge in [-0.05, 0) is 79.8 Å². The molecule has 1 fully saturated rings. The molecule has 10 heteroatoms. The fourth-order valence-electron chi connectivity index (χ4n) is 6.69. The van der Waals surface area contributed by atoms with Gasteiger partial charge in [0.05, 0.1) is 6.20 Å². The van der Waals surface area contributed by atoms with Crippen LogP contribution in [0.3, 0.4) is 0 Å². The number of rotatable bonds is 11. The Morgan fingerprint density at radius 1 is 1.04 bits per heavy atom. The zero-order valence-electron chi connectivity index (χ0n) is 31.7. The quantitative estimate of drug-likeness (QED) is 0.0683. The summed E-state index contributed by atoms with van der Waals surface area (Å²) in [5.74, 6) is 2.13. The zero-order chi connectivity index (χ0) is 38.6. The topological polar surface area (TPSA) is 137 Å². The summed E-state index contributed by atoms with van der Waals surface area (Å²) in [4.78, 5) is 19.0. The van der Waals surface area contributed by atoms with Gasteiger partial charge < -0.3 is 31.4 Å². The van der Waals surface area contributed by atoms with Crippen LogP contribution in [0.5, 0.6) is 5.75 Å². The number of aliphatic hydroxyl groups is 1. The van der Waals surface area contributed by atoms with Gasteiger partial charge in [-0.2, -0.15) is 0 Å². The van der Waals surface area contributed by atoms with E-state index >= 15 is 0 Å². The van der Waals surface area contributed by atoms with E-state index in [1.807, 2.05) is 57.2 Å². The first kappa shape index (κ1) is 44.1. The van der Waals surface area contributed by atoms with Crippen LogP contribution in [0, 0.1) is 44.2 Å². The van der Waals surface area contributed by atoms with Crippen LogP contribution in [0.25, 0.3) is 11.1 Å². The summed E-state index contributed by atoms with van der Waals surface area (Å²) in [6.45, 7) is 9.87. The molecule has 0 spiro atoms. The summed E-state index contributed by atoms with van der Waals surface area (Å²) in [5.41, 5.74) is 14.4. The zero-order valence-corrected chi connectivity index (χ0v) is 31.7. The number of hydrogen-bond donors (Lipinski definition) is 4. The molecule has 286 valence electrons. The molecule has 1 aliphatic heterocycles. The van der Waals surface area contributed by atoms with E-state index in [9.17, 15) is 18.7 Å². The molecule has 8 nitrogen and oxygen atoms in total. The highest BCUT2D eigenvalue weighted by molar-refractivity contribution is 5.78. The second-order valence-electron chi connectivity index (χ2n) is 13.8. The molecule has 3 aromatic rings. The Morgan fingerprint density at radius 3 is 2.23 bits per heavy atom. The van der Waals surface area contributed by atoms with Crippen LogP contribution < -0.4 is 21.5 Å². The maximum atomic E-state index is 15.0. The van der Waals surface area contributed by atoms with Gasteiger partial charge in [0.2, 0.25) is 6.41 Å². The van der Waals surface area contributed by atoms with Gasteiger partial charge in [-0.15, -0.1) is 0 Å². The van der Waals surface area contributed by atoms with Crippen molar-refractivity contribution in [2.45, 2.75) is 111 Å². The molecule has 0 bridgehead atoms. The second kappa shape index (κ2) is 23.5. The molecule has 1 heterocycles. The fourth-order valence-corrected chi connectivity index (χ4v) is 6.69. The van der Waals surface area contributed by atoms with Crippen molar-refractivity contribution in [1.29, 1.82) is 0 Å². The van der Waals surface area contributed by atoms with E-state index < -0.39 is 6.29 Å². The second-order valence-corrected chi connectivity index (χ2v) is 13.8. The van der Waals surface area contributed by atoms with Gasteiger partial charge in [-0.1, -0.05) is 88.4 Å². The average molecular weight is 724 g/mol. The van der Waals surface area contributed by atoms with E-state index in [0.717, 1.165) is 54.5 Å². The van der Waals surface area contributed by atoms with Crippen LogP contribution in [-0.2, 0) is 20.7 Å². The van der Waals surface area contributed by atoms with E-state index in [1.54, 1.807) is 27.0 Å². The molecule has 3 aromatic carbocycles. The van der Waals surface area contributed by atoms with Crippen molar-refractivity contribution in [2.24, 2.45) is 23.3 Å². The van der Waals surface area contributed by atoms with Crippen molar-refractivity contribution in [3.05, 3.63) is 94.2 Å². The van der Waals surface area contributed by atoms with Crippen molar-refractivity contribution in [1.82, 2.24) is 5.32 Å². The molecule has 0 aromatic heterocycles. The number of fused-ring (bicyclic) bond motifs is 1. The number of amides is 1. The predicted molar refractivity (Wildman–Crippen MR) is 204 cm³/mol. The van der Waals surface area contributed by atoms with Gasteiger partial charge in [0.1, 0.15) is 29.4 Å². The molecule has 0 radical (unpaired) electrons. The Balaban J connectivity index is 0.000000313. The predicted octanol–water partition coefficient (Wildman–Crippen LogP) is 7.94. The lowest BCUT2D eigenvalue weighted by molar-refractivity contribution is -0.120. The lowest BCUT2D eigenvalue weighted by atomic mass is 9.81. The normalized spacial score (nSPS) is 15.9. The third-order valence-electron chi connectivity index (χ3n) is 9.27. The van der Waals surface area contributed by atoms with Crippen molar-refractivity contribution in [3.63, 3.8) is 0 Å². The van der Waals surface area contributed by atoms with Crippen molar-refractivity contribution >= 4 is 12.4 Å². The molecule has 0 saturated heterocycles. The molecule has 1 aliphatic carbocycles. The van der Waals surface area contributed by atoms with E-state index in [4.69, 9.17) is 20.0 Å². The molecular weight excluding hydrogens is 664 g/mol. The number of ether oxygens (including phenoxy) is 2. The first-order chi connectivity index (χ1) is 24.9. The molecule has 52 heavy (non-hydrogen) atoms. The lowest BCUT2D eigenvalue weighted by Gasteiger charge is -2.28. The number of aliphatic hydroxyl groups excluding tert-OH is 1. The van der Waals surface area contributed by atoms with Crippen molar-refractivity contribution in [2.75, 3.05) is 13.7 Å². The Kier molecular flexibility index (Phi) is 19.9. The molecule has 3 atom stereocenters. The summed E-state index contributed by atoms with van der Waals surface area (Å²) >= 11 is 0. The first-order valence-electron chi connectivity index (χ1n) is 18.2. The number of benzene rings is 3. The molecular formula is C42H59F2N3O5. The highest BCUT2D eigenvalue weighted by Crippen LogP contribution is 2.46. The summed E-state index contributed by atoms with van der Waals surface area (Å²) in [6.07, 6.45) is 10.8. The van der Waals surface area contributed by atoms with Crippen LogP contribution in [0.15, 0.2) is 54.7 Å². The summed E-state index contributed by atoms with van der Waals surface area (Å²) in [7, 11) is 1.56. The third-order valence-corrected chi connectivity index (χ3v) is 9.27. The Hall–Kier alpha value is -4.08. The number of aryl methyl sites for hydroxylation is 2. The number of methoxy groups -OCH3 is 1. The monoisotopic (exact) mass is 723 g/mol. The van der Waals surface area contributed by atoms with Gasteiger partial charge >= 0.3 is 0 Å². The van der Waals surface area contributed by atoms with Gasteiger partial charge in [-0.25, -0.2) is 13.6 Å². The lowest BCUT2D eigenvalue weighted by Crippen LogP contribution is -2.26. The highest BCUT2D eigenvalue weighted by Gasteiger charge is 2.31. The smallest absolute Gasteiger partial charge is 0.207 e. The largest absolute Gasteiger partial charge is 0.485 e. The van der Waals surface area contributed by atoms with Gasteiger partial charge in [0.15, 0.2) is 6.29 Å². The number of hydrogen-bond acceptors (Lipinski definition) is 7. The van der Waals surface area contributed by atoms with Crippen LogP contribution in [0.1, 0.15) is 99.1 Å². The van der Waals surface area contributed by atoms with Crippen molar-refractivity contribution < 1.29 is 33.0 Å². The number of nitrogens with one attached hydrogen (secondary N) is 1. The standard InChI is InChI=1S/C23H20F2O.C14H27NO3.C3H9N.C2H3NO/c1-13-9-10-14(2)23(25)21(13)22-15(3)18(24)12-20-17(22)11-19(26-20)16-7-5-4-6-8-16;1-18-14(17)13(8-5-9-15-11-16)10-12-6-3-2-4-7-12;1-3(2)4;3-1-2-4/h4-10,12,19H,11H2,1-3H3;11-14,17H,2-10H2,1H3,(H,15,16);3H,4H2,1-2H3;1H,3H2. The third kappa shape index (κ3) is 13.8. The van der Waals surface area contributed by atoms with Crippen LogP contribution in [-0.4, -0.2) is 43.4 Å². The summed E-state index contributed by atoms with van der Waals surface area (Å²) in [5, 5.41) is 12.6. The SMILES string of the molecule is CC(C)N.COC(O)C(CCCNC=O)CC1CCCCC1.Cc1ccc(C)c(-c2c(C)c(F)cc3c2CC(c2ccccc2)O3)c1F.NC=C=O. The van der Waals surface area contributed by atoms with Crippen LogP contribution >= 0.6 is 0 Å². The maximum absolute atomic E-state index is 15.0. The van der Waals surface area contributed by atoms with E-state index in [2.05, 4.69) is 11.1 Å². The van der Waals surface area contributed by atoms with E-state index in [-0.39, 0.29) is 23.7 Å². The summed E-state index contributed by atoms with van der Waals surface area (Å²) < 4.78 is 40.7. The van der Waals surface area contributed by atoms with Gasteiger partial charge in [0.25, 0.3) is 0 Å². The molecule has 3 unspecified atom stereocenters. The molecule has 5 rings (SSSR count). The van der Waals surface area contributed by atoms with Crippen molar-refractivity contribution in [3.8, 4) is 16.9 Å². The minimum Gasteiger partial charge on any atom is -0.485 e. The number of halogens is 2. The van der Waals surface area contributed by atoms with E-state index in [1.165, 1.54) is 44.1 Å². The minimum absolute atomic E-state index is 0.181. The molecule has 1 amide bonds. The molecule has 1 saturated carbocycles. The first-order valence-corrected chi connectivity index (χ1v) is 18.2. The molecule has 6 N–H and O–H groups in total. The summed E-state index contributed by atoms with van der Waals surface area (Å²) in [6, 6.07) is 15.3. The minimum atomic E-state index is -0.664. The Labute approximate surface area is 309 Å². The van der Waals surface area contributed by atoms with Crippen LogP contribution in [0.4, 0.5) is 8.78 Å². The number of carbonyl (C=O) groups excluding carboxylic acids is 2. The Bertz CT molecular complexity index is 1550.